The first-order valence-electron chi connectivity index (χ1n) is 6.77. The number of hydrogen-bond donors (Lipinski definition) is 1. The van der Waals surface area contributed by atoms with Crippen molar-refractivity contribution in [2.75, 3.05) is 10.2 Å². The number of anilines is 2. The minimum atomic E-state index is -1.02. The van der Waals surface area contributed by atoms with Gasteiger partial charge >= 0.3 is 0 Å². The third-order valence-electron chi connectivity index (χ3n) is 3.59. The van der Waals surface area contributed by atoms with E-state index in [0.717, 1.165) is 12.1 Å². The highest BCUT2D eigenvalue weighted by molar-refractivity contribution is 6.04. The van der Waals surface area contributed by atoms with E-state index >= 15 is 0 Å². The van der Waals surface area contributed by atoms with Crippen molar-refractivity contribution in [2.24, 2.45) is 0 Å². The van der Waals surface area contributed by atoms with Crippen molar-refractivity contribution in [1.82, 2.24) is 0 Å². The quantitative estimate of drug-likeness (QED) is 0.921. The molecular weight excluding hydrogens is 293 g/mol. The van der Waals surface area contributed by atoms with Crippen LogP contribution in [-0.4, -0.2) is 11.9 Å². The Morgan fingerprint density at radius 3 is 2.41 bits per heavy atom. The number of nitrogens with one attached hydrogen (secondary N) is 1. The molecule has 1 aliphatic heterocycles. The zero-order valence-electron chi connectivity index (χ0n) is 11.7. The number of fused-ring (bicyclic) bond motifs is 1. The van der Waals surface area contributed by atoms with Crippen molar-refractivity contribution in [3.05, 3.63) is 59.4 Å². The zero-order valence-corrected chi connectivity index (χ0v) is 11.7. The molecule has 6 heteroatoms. The van der Waals surface area contributed by atoms with Crippen LogP contribution in [0.25, 0.3) is 0 Å². The van der Waals surface area contributed by atoms with E-state index in [2.05, 4.69) is 5.32 Å². The molecule has 1 heterocycles. The second-order valence-corrected chi connectivity index (χ2v) is 5.20. The van der Waals surface area contributed by atoms with Gasteiger partial charge in [-0.2, -0.15) is 0 Å². The fraction of sp³-hybridized carbons (Fsp3) is 0.188. The Morgan fingerprint density at radius 2 is 1.73 bits per heavy atom. The van der Waals surface area contributed by atoms with Gasteiger partial charge in [0.2, 0.25) is 5.91 Å². The molecule has 0 aromatic heterocycles. The number of carbonyl (C=O) groups is 1. The smallest absolute Gasteiger partial charge is 0.249 e. The monoisotopic (exact) mass is 306 g/mol. The minimum absolute atomic E-state index is 0.156. The van der Waals surface area contributed by atoms with E-state index in [1.54, 1.807) is 19.1 Å². The lowest BCUT2D eigenvalue weighted by Gasteiger charge is -2.34. The van der Waals surface area contributed by atoms with E-state index in [1.165, 1.54) is 17.0 Å². The van der Waals surface area contributed by atoms with Crippen LogP contribution in [0.1, 0.15) is 12.5 Å². The van der Waals surface area contributed by atoms with E-state index in [4.69, 9.17) is 0 Å². The van der Waals surface area contributed by atoms with Crippen LogP contribution in [0.2, 0.25) is 0 Å². The fourth-order valence-corrected chi connectivity index (χ4v) is 2.46. The highest BCUT2D eigenvalue weighted by Gasteiger charge is 2.30. The summed E-state index contributed by atoms with van der Waals surface area (Å²) >= 11 is 0. The van der Waals surface area contributed by atoms with Crippen LogP contribution in [-0.2, 0) is 11.3 Å². The molecule has 0 radical (unpaired) electrons. The first-order valence-corrected chi connectivity index (χ1v) is 6.77. The molecule has 0 saturated heterocycles. The maximum atomic E-state index is 13.5. The SMILES string of the molecule is CC1Nc2cc(F)c(F)cc2N(Cc2ccc(F)cc2)C1=O. The van der Waals surface area contributed by atoms with Crippen LogP contribution in [0.5, 0.6) is 0 Å². The zero-order chi connectivity index (χ0) is 15.9. The van der Waals surface area contributed by atoms with Gasteiger partial charge < -0.3 is 10.2 Å². The normalized spacial score (nSPS) is 17.2. The molecule has 0 bridgehead atoms. The first-order chi connectivity index (χ1) is 10.5. The van der Waals surface area contributed by atoms with Crippen LogP contribution in [0, 0.1) is 17.5 Å². The Kier molecular flexibility index (Phi) is 3.52. The molecule has 0 saturated carbocycles. The summed E-state index contributed by atoms with van der Waals surface area (Å²) in [6.45, 7) is 1.80. The number of halogens is 3. The molecule has 1 aliphatic rings. The van der Waals surface area contributed by atoms with Gasteiger partial charge in [-0.05, 0) is 24.6 Å². The molecule has 1 N–H and O–H groups in total. The summed E-state index contributed by atoms with van der Waals surface area (Å²) in [5, 5.41) is 2.84. The van der Waals surface area contributed by atoms with Crippen LogP contribution < -0.4 is 10.2 Å². The van der Waals surface area contributed by atoms with Crippen molar-refractivity contribution in [3.63, 3.8) is 0 Å². The topological polar surface area (TPSA) is 32.3 Å². The summed E-state index contributed by atoms with van der Waals surface area (Å²) in [7, 11) is 0. The number of hydrogen-bond acceptors (Lipinski definition) is 2. The van der Waals surface area contributed by atoms with Gasteiger partial charge in [0.1, 0.15) is 11.9 Å². The molecule has 22 heavy (non-hydrogen) atoms. The van der Waals surface area contributed by atoms with Gasteiger partial charge in [0, 0.05) is 12.1 Å². The molecule has 1 unspecified atom stereocenters. The Hall–Kier alpha value is -2.50. The number of carbonyl (C=O) groups excluding carboxylic acids is 1. The summed E-state index contributed by atoms with van der Waals surface area (Å²) in [6.07, 6.45) is 0. The van der Waals surface area contributed by atoms with Crippen LogP contribution in [0.15, 0.2) is 36.4 Å². The molecule has 0 fully saturated rings. The van der Waals surface area contributed by atoms with Crippen LogP contribution in [0.3, 0.4) is 0 Å². The van der Waals surface area contributed by atoms with E-state index in [-0.39, 0.29) is 24.0 Å². The minimum Gasteiger partial charge on any atom is -0.372 e. The lowest BCUT2D eigenvalue weighted by atomic mass is 10.1. The van der Waals surface area contributed by atoms with Crippen LogP contribution in [0.4, 0.5) is 24.5 Å². The van der Waals surface area contributed by atoms with Crippen molar-refractivity contribution in [3.8, 4) is 0 Å². The van der Waals surface area contributed by atoms with Gasteiger partial charge in [0.15, 0.2) is 11.6 Å². The second kappa shape index (κ2) is 5.36. The van der Waals surface area contributed by atoms with Gasteiger partial charge in [0.05, 0.1) is 17.9 Å². The Balaban J connectivity index is 2.01. The molecular formula is C16H13F3N2O. The summed E-state index contributed by atoms with van der Waals surface area (Å²) in [5.74, 6) is -2.64. The third kappa shape index (κ3) is 2.52. The summed E-state index contributed by atoms with van der Waals surface area (Å²) < 4.78 is 39.8. The maximum Gasteiger partial charge on any atom is 0.249 e. The van der Waals surface area contributed by atoms with E-state index < -0.39 is 17.7 Å². The molecule has 0 spiro atoms. The lowest BCUT2D eigenvalue weighted by molar-refractivity contribution is -0.119. The standard InChI is InChI=1S/C16H13F3N2O/c1-9-16(22)21(8-10-2-4-11(17)5-3-10)15-7-13(19)12(18)6-14(15)20-9/h2-7,9,20H,8H2,1H3. The summed E-state index contributed by atoms with van der Waals surface area (Å²) in [6, 6.07) is 7.15. The van der Waals surface area contributed by atoms with E-state index in [1.807, 2.05) is 0 Å². The number of nitrogens with zero attached hydrogens (tertiary/aromatic N) is 1. The van der Waals surface area contributed by atoms with E-state index in [0.29, 0.717) is 11.3 Å². The third-order valence-corrected chi connectivity index (χ3v) is 3.59. The Labute approximate surface area is 125 Å². The number of amides is 1. The van der Waals surface area contributed by atoms with Crippen molar-refractivity contribution >= 4 is 17.3 Å². The predicted molar refractivity (Wildman–Crippen MR) is 77.0 cm³/mol. The average Bonchev–Trinajstić information content (AvgIpc) is 2.48. The molecule has 3 nitrogen and oxygen atoms in total. The predicted octanol–water partition coefficient (Wildman–Crippen LogP) is 3.45. The van der Waals surface area contributed by atoms with Crippen molar-refractivity contribution < 1.29 is 18.0 Å². The number of benzene rings is 2. The molecule has 2 aromatic rings. The largest absolute Gasteiger partial charge is 0.372 e. The number of rotatable bonds is 2. The molecule has 1 atom stereocenters. The summed E-state index contributed by atoms with van der Waals surface area (Å²) in [4.78, 5) is 13.7. The fourth-order valence-electron chi connectivity index (χ4n) is 2.46. The average molecular weight is 306 g/mol. The van der Waals surface area contributed by atoms with Gasteiger partial charge in [0.25, 0.3) is 0 Å². The van der Waals surface area contributed by atoms with Crippen LogP contribution >= 0.6 is 0 Å². The first kappa shape index (κ1) is 14.4. The van der Waals surface area contributed by atoms with Gasteiger partial charge in [-0.1, -0.05) is 12.1 Å². The highest BCUT2D eigenvalue weighted by atomic mass is 19.2. The molecule has 2 aromatic carbocycles. The Bertz CT molecular complexity index is 731. The summed E-state index contributed by atoms with van der Waals surface area (Å²) in [5.41, 5.74) is 1.32. The maximum absolute atomic E-state index is 13.5. The Morgan fingerprint density at radius 1 is 1.09 bits per heavy atom. The second-order valence-electron chi connectivity index (χ2n) is 5.20. The van der Waals surface area contributed by atoms with E-state index in [9.17, 15) is 18.0 Å². The molecule has 114 valence electrons. The highest BCUT2D eigenvalue weighted by Crippen LogP contribution is 2.34. The van der Waals surface area contributed by atoms with Gasteiger partial charge in [-0.15, -0.1) is 0 Å². The molecule has 0 aliphatic carbocycles. The van der Waals surface area contributed by atoms with Crippen molar-refractivity contribution in [2.45, 2.75) is 19.5 Å². The molecule has 1 amide bonds. The molecule has 3 rings (SSSR count). The van der Waals surface area contributed by atoms with Gasteiger partial charge in [-0.3, -0.25) is 4.79 Å². The lowest BCUT2D eigenvalue weighted by Crippen LogP contribution is -2.45. The van der Waals surface area contributed by atoms with Crippen molar-refractivity contribution in [1.29, 1.82) is 0 Å². The van der Waals surface area contributed by atoms with Gasteiger partial charge in [-0.25, -0.2) is 13.2 Å².